The molecular weight excluding hydrogens is 124 g/mol. The molecule has 10 heavy (non-hydrogen) atoms. The Hall–Kier alpha value is -0.0800. The maximum Gasteiger partial charge on any atom is 0.00793 e. The van der Waals surface area contributed by atoms with Crippen LogP contribution in [-0.2, 0) is 0 Å². The number of nitrogens with one attached hydrogen (secondary N) is 2. The third kappa shape index (κ3) is 1.06. The van der Waals surface area contributed by atoms with Crippen LogP contribution >= 0.6 is 0 Å². The quantitative estimate of drug-likeness (QED) is 0.502. The molecule has 2 aliphatic rings. The van der Waals surface area contributed by atoms with Crippen molar-refractivity contribution in [3.8, 4) is 0 Å². The first-order valence-corrected chi connectivity index (χ1v) is 4.30. The Morgan fingerprint density at radius 3 is 2.90 bits per heavy atom. The molecule has 0 aromatic rings. The Labute approximate surface area is 62.4 Å². The first kappa shape index (κ1) is 6.62. The van der Waals surface area contributed by atoms with Gasteiger partial charge in [0.15, 0.2) is 0 Å². The molecule has 0 aromatic carbocycles. The van der Waals surface area contributed by atoms with Crippen LogP contribution in [0.5, 0.6) is 0 Å². The third-order valence-corrected chi connectivity index (χ3v) is 2.91. The molecule has 0 aromatic heterocycles. The van der Waals surface area contributed by atoms with Gasteiger partial charge in [0.05, 0.1) is 0 Å². The average Bonchev–Trinajstić information content (AvgIpc) is 1.99. The minimum absolute atomic E-state index is 0.740. The van der Waals surface area contributed by atoms with E-state index in [-0.39, 0.29) is 0 Å². The van der Waals surface area contributed by atoms with Crippen molar-refractivity contribution in [2.24, 2.45) is 11.8 Å². The van der Waals surface area contributed by atoms with Gasteiger partial charge in [0.1, 0.15) is 0 Å². The van der Waals surface area contributed by atoms with E-state index in [1.807, 2.05) is 0 Å². The van der Waals surface area contributed by atoms with E-state index in [2.05, 4.69) is 17.6 Å². The number of piperidine rings is 2. The van der Waals surface area contributed by atoms with Crippen LogP contribution in [0.3, 0.4) is 0 Å². The van der Waals surface area contributed by atoms with E-state index in [1.54, 1.807) is 0 Å². The molecule has 0 unspecified atom stereocenters. The van der Waals surface area contributed by atoms with Gasteiger partial charge in [0.2, 0.25) is 0 Å². The van der Waals surface area contributed by atoms with Crippen molar-refractivity contribution in [3.05, 3.63) is 0 Å². The molecule has 2 bridgehead atoms. The Morgan fingerprint density at radius 2 is 2.10 bits per heavy atom. The maximum atomic E-state index is 3.54. The highest BCUT2D eigenvalue weighted by Gasteiger charge is 2.29. The Morgan fingerprint density at radius 1 is 1.20 bits per heavy atom. The van der Waals surface area contributed by atoms with Gasteiger partial charge in [-0.25, -0.2) is 0 Å². The van der Waals surface area contributed by atoms with Gasteiger partial charge in [-0.15, -0.1) is 0 Å². The molecule has 2 nitrogen and oxygen atoms in total. The van der Waals surface area contributed by atoms with Crippen LogP contribution in [0.25, 0.3) is 0 Å². The summed E-state index contributed by atoms with van der Waals surface area (Å²) >= 11 is 0. The van der Waals surface area contributed by atoms with Crippen molar-refractivity contribution < 1.29 is 0 Å². The molecule has 2 N–H and O–H groups in total. The maximum absolute atomic E-state index is 3.54. The van der Waals surface area contributed by atoms with Gasteiger partial charge < -0.3 is 10.6 Å². The van der Waals surface area contributed by atoms with Gasteiger partial charge in [-0.2, -0.15) is 0 Å². The summed E-state index contributed by atoms with van der Waals surface area (Å²) in [5.41, 5.74) is 0. The number of hydrogen-bond donors (Lipinski definition) is 2. The van der Waals surface area contributed by atoms with E-state index in [1.165, 1.54) is 26.1 Å². The van der Waals surface area contributed by atoms with Gasteiger partial charge in [0.25, 0.3) is 0 Å². The summed E-state index contributed by atoms with van der Waals surface area (Å²) < 4.78 is 0. The van der Waals surface area contributed by atoms with E-state index in [9.17, 15) is 0 Å². The van der Waals surface area contributed by atoms with Gasteiger partial charge in [-0.1, -0.05) is 0 Å². The second-order valence-electron chi connectivity index (χ2n) is 3.72. The van der Waals surface area contributed by atoms with E-state index in [4.69, 9.17) is 0 Å². The molecule has 0 radical (unpaired) electrons. The molecule has 0 aliphatic carbocycles. The molecular formula is C8H16N2. The predicted octanol–water partition coefficient (Wildman–Crippen LogP) is 0.204. The second kappa shape index (κ2) is 2.51. The Bertz CT molecular complexity index is 122. The number of fused-ring (bicyclic) bond motifs is 2. The highest BCUT2D eigenvalue weighted by atomic mass is 15.0. The van der Waals surface area contributed by atoms with Gasteiger partial charge in [0, 0.05) is 6.04 Å². The minimum atomic E-state index is 0.740. The highest BCUT2D eigenvalue weighted by molar-refractivity contribution is 4.88. The van der Waals surface area contributed by atoms with Crippen molar-refractivity contribution in [2.75, 3.05) is 19.6 Å². The summed E-state index contributed by atoms with van der Waals surface area (Å²) in [5, 5.41) is 7.02. The standard InChI is InChI=1S/C8H16N2/c1-6-8-2-7(4-10-6)3-9-5-8/h6-10H,2-5H2,1H3/t6-,7-,8-/m1/s1. The third-order valence-electron chi connectivity index (χ3n) is 2.91. The zero-order valence-corrected chi connectivity index (χ0v) is 6.56. The van der Waals surface area contributed by atoms with Crippen LogP contribution < -0.4 is 10.6 Å². The molecule has 0 saturated carbocycles. The monoisotopic (exact) mass is 140 g/mol. The fourth-order valence-electron chi connectivity index (χ4n) is 2.12. The van der Waals surface area contributed by atoms with E-state index in [0.29, 0.717) is 0 Å². The summed E-state index contributed by atoms with van der Waals surface area (Å²) in [6.45, 7) is 5.99. The van der Waals surface area contributed by atoms with E-state index < -0.39 is 0 Å². The SMILES string of the molecule is C[C@H]1NC[C@H]2CNC[C@H]1C2. The molecule has 2 fully saturated rings. The summed E-state index contributed by atoms with van der Waals surface area (Å²) in [7, 11) is 0. The molecule has 2 rings (SSSR count). The molecule has 0 amide bonds. The second-order valence-corrected chi connectivity index (χ2v) is 3.72. The fourth-order valence-corrected chi connectivity index (χ4v) is 2.12. The van der Waals surface area contributed by atoms with E-state index in [0.717, 1.165) is 17.9 Å². The van der Waals surface area contributed by atoms with Crippen LogP contribution in [0, 0.1) is 11.8 Å². The highest BCUT2D eigenvalue weighted by Crippen LogP contribution is 2.23. The summed E-state index contributed by atoms with van der Waals surface area (Å²) in [6, 6.07) is 0.740. The van der Waals surface area contributed by atoms with Crippen LogP contribution in [0.2, 0.25) is 0 Å². The molecule has 0 spiro atoms. The smallest absolute Gasteiger partial charge is 0.00793 e. The Balaban J connectivity index is 2.00. The molecule has 3 atom stereocenters. The van der Waals surface area contributed by atoms with Crippen LogP contribution in [0.4, 0.5) is 0 Å². The zero-order valence-electron chi connectivity index (χ0n) is 6.56. The van der Waals surface area contributed by atoms with Crippen LogP contribution in [0.15, 0.2) is 0 Å². The minimum Gasteiger partial charge on any atom is -0.316 e. The number of rotatable bonds is 0. The van der Waals surface area contributed by atoms with Crippen molar-refractivity contribution >= 4 is 0 Å². The van der Waals surface area contributed by atoms with E-state index >= 15 is 0 Å². The molecule has 58 valence electrons. The van der Waals surface area contributed by atoms with Crippen molar-refractivity contribution in [1.29, 1.82) is 0 Å². The van der Waals surface area contributed by atoms with Crippen LogP contribution in [0.1, 0.15) is 13.3 Å². The van der Waals surface area contributed by atoms with Crippen molar-refractivity contribution in [1.82, 2.24) is 10.6 Å². The van der Waals surface area contributed by atoms with Gasteiger partial charge >= 0.3 is 0 Å². The summed E-state index contributed by atoms with van der Waals surface area (Å²) in [6.07, 6.45) is 1.45. The molecule has 2 aliphatic heterocycles. The van der Waals surface area contributed by atoms with Crippen molar-refractivity contribution in [3.63, 3.8) is 0 Å². The summed E-state index contributed by atoms with van der Waals surface area (Å²) in [5.74, 6) is 1.81. The molecule has 2 heterocycles. The first-order chi connectivity index (χ1) is 4.86. The predicted molar refractivity (Wildman–Crippen MR) is 41.9 cm³/mol. The Kier molecular flexibility index (Phi) is 1.66. The van der Waals surface area contributed by atoms with Gasteiger partial charge in [-0.3, -0.25) is 0 Å². The largest absolute Gasteiger partial charge is 0.316 e. The van der Waals surface area contributed by atoms with Crippen LogP contribution in [-0.4, -0.2) is 25.7 Å². The average molecular weight is 140 g/mol. The normalized spacial score (nSPS) is 47.1. The van der Waals surface area contributed by atoms with Gasteiger partial charge in [-0.05, 0) is 44.8 Å². The molecule has 2 saturated heterocycles. The number of hydrogen-bond acceptors (Lipinski definition) is 2. The molecule has 2 heteroatoms. The fraction of sp³-hybridized carbons (Fsp3) is 1.00. The lowest BCUT2D eigenvalue weighted by Crippen LogP contribution is -2.53. The van der Waals surface area contributed by atoms with Crippen molar-refractivity contribution in [2.45, 2.75) is 19.4 Å². The lowest BCUT2D eigenvalue weighted by atomic mass is 9.82. The zero-order chi connectivity index (χ0) is 6.97. The lowest BCUT2D eigenvalue weighted by Gasteiger charge is -2.39. The summed E-state index contributed by atoms with van der Waals surface area (Å²) in [4.78, 5) is 0. The first-order valence-electron chi connectivity index (χ1n) is 4.30. The topological polar surface area (TPSA) is 24.1 Å². The lowest BCUT2D eigenvalue weighted by molar-refractivity contribution is 0.179.